The molecule has 4 unspecified atom stereocenters. The van der Waals surface area contributed by atoms with Crippen LogP contribution in [0.4, 0.5) is 4.39 Å². The second-order valence-corrected chi connectivity index (χ2v) is 8.60. The number of rotatable bonds is 5. The van der Waals surface area contributed by atoms with E-state index in [2.05, 4.69) is 23.0 Å². The van der Waals surface area contributed by atoms with Crippen molar-refractivity contribution < 1.29 is 9.13 Å². The molecule has 2 aliphatic rings. The number of hydrogen-bond acceptors (Lipinski definition) is 4. The molecule has 1 aliphatic carbocycles. The number of hydrazine groups is 1. The fourth-order valence-electron chi connectivity index (χ4n) is 4.15. The highest BCUT2D eigenvalue weighted by atomic mass is 32.2. The van der Waals surface area contributed by atoms with Crippen LogP contribution in [0.1, 0.15) is 24.8 Å². The first-order chi connectivity index (χ1) is 12.7. The maximum atomic E-state index is 13.1. The summed E-state index contributed by atoms with van der Waals surface area (Å²) in [6.07, 6.45) is 4.63. The average molecular weight is 373 g/mol. The third kappa shape index (κ3) is 4.05. The molecule has 2 aromatic rings. The average Bonchev–Trinajstić information content (AvgIpc) is 3.06. The highest BCUT2D eigenvalue weighted by Crippen LogP contribution is 2.39. The first kappa shape index (κ1) is 17.8. The van der Waals surface area contributed by atoms with E-state index in [-0.39, 0.29) is 5.82 Å². The molecule has 5 heteroatoms. The van der Waals surface area contributed by atoms with Crippen LogP contribution < -0.4 is 15.6 Å². The molecule has 4 rings (SSSR count). The SMILES string of the molecule is COc1ccc(CC2NNC3CC(Sc4ccc(F)cc4)CCC23)cc1. The number of thioether (sulfide) groups is 1. The van der Waals surface area contributed by atoms with Crippen LogP contribution >= 0.6 is 11.8 Å². The van der Waals surface area contributed by atoms with Gasteiger partial charge in [-0.15, -0.1) is 11.8 Å². The Morgan fingerprint density at radius 3 is 2.54 bits per heavy atom. The molecule has 2 fully saturated rings. The zero-order chi connectivity index (χ0) is 17.9. The van der Waals surface area contributed by atoms with E-state index < -0.39 is 0 Å². The lowest BCUT2D eigenvalue weighted by Crippen LogP contribution is -2.37. The van der Waals surface area contributed by atoms with Crippen LogP contribution in [0, 0.1) is 11.7 Å². The molecule has 4 atom stereocenters. The van der Waals surface area contributed by atoms with Gasteiger partial charge in [-0.3, -0.25) is 10.9 Å². The smallest absolute Gasteiger partial charge is 0.123 e. The van der Waals surface area contributed by atoms with Crippen molar-refractivity contribution in [1.82, 2.24) is 10.9 Å². The van der Waals surface area contributed by atoms with Gasteiger partial charge < -0.3 is 4.74 Å². The Balaban J connectivity index is 1.33. The number of methoxy groups -OCH3 is 1. The lowest BCUT2D eigenvalue weighted by atomic mass is 9.80. The molecule has 0 amide bonds. The van der Waals surface area contributed by atoms with Crippen LogP contribution in [0.3, 0.4) is 0 Å². The van der Waals surface area contributed by atoms with Gasteiger partial charge in [0.05, 0.1) is 7.11 Å². The zero-order valence-electron chi connectivity index (χ0n) is 15.0. The molecule has 1 aliphatic heterocycles. The van der Waals surface area contributed by atoms with Crippen molar-refractivity contribution in [3.63, 3.8) is 0 Å². The molecule has 2 aromatic carbocycles. The Morgan fingerprint density at radius 1 is 1.04 bits per heavy atom. The molecular formula is C21H25FN2OS. The summed E-state index contributed by atoms with van der Waals surface area (Å²) in [4.78, 5) is 1.16. The van der Waals surface area contributed by atoms with Crippen LogP contribution in [0.15, 0.2) is 53.4 Å². The lowest BCUT2D eigenvalue weighted by molar-refractivity contribution is 0.310. The maximum Gasteiger partial charge on any atom is 0.123 e. The van der Waals surface area contributed by atoms with Gasteiger partial charge in [0, 0.05) is 22.2 Å². The van der Waals surface area contributed by atoms with E-state index in [1.807, 2.05) is 36.0 Å². The van der Waals surface area contributed by atoms with Crippen molar-refractivity contribution >= 4 is 11.8 Å². The summed E-state index contributed by atoms with van der Waals surface area (Å²) < 4.78 is 18.3. The second-order valence-electron chi connectivity index (χ2n) is 7.22. The van der Waals surface area contributed by atoms with Gasteiger partial charge in [-0.25, -0.2) is 4.39 Å². The predicted octanol–water partition coefficient (Wildman–Crippen LogP) is 4.18. The normalized spacial score (nSPS) is 27.9. The van der Waals surface area contributed by atoms with Gasteiger partial charge in [0.2, 0.25) is 0 Å². The molecule has 0 aromatic heterocycles. The summed E-state index contributed by atoms with van der Waals surface area (Å²) in [5, 5.41) is 0.593. The first-order valence-electron chi connectivity index (χ1n) is 9.27. The minimum absolute atomic E-state index is 0.166. The third-order valence-electron chi connectivity index (χ3n) is 5.56. The summed E-state index contributed by atoms with van der Waals surface area (Å²) in [5.41, 5.74) is 8.40. The van der Waals surface area contributed by atoms with Crippen molar-refractivity contribution in [3.8, 4) is 5.75 Å². The van der Waals surface area contributed by atoms with E-state index in [0.29, 0.717) is 23.3 Å². The molecule has 1 saturated carbocycles. The van der Waals surface area contributed by atoms with E-state index in [1.165, 1.54) is 18.4 Å². The second kappa shape index (κ2) is 7.99. The van der Waals surface area contributed by atoms with E-state index in [0.717, 1.165) is 23.5 Å². The third-order valence-corrected chi connectivity index (χ3v) is 6.86. The van der Waals surface area contributed by atoms with Crippen LogP contribution in [-0.2, 0) is 6.42 Å². The van der Waals surface area contributed by atoms with E-state index >= 15 is 0 Å². The largest absolute Gasteiger partial charge is 0.497 e. The number of halogens is 1. The summed E-state index contributed by atoms with van der Waals surface area (Å²) in [6.45, 7) is 0. The molecule has 2 N–H and O–H groups in total. The van der Waals surface area contributed by atoms with Crippen molar-refractivity contribution in [2.45, 2.75) is 47.9 Å². The van der Waals surface area contributed by atoms with Crippen LogP contribution in [-0.4, -0.2) is 24.4 Å². The molecule has 0 radical (unpaired) electrons. The Morgan fingerprint density at radius 2 is 1.81 bits per heavy atom. The van der Waals surface area contributed by atoms with E-state index in [4.69, 9.17) is 4.74 Å². The number of fused-ring (bicyclic) bond motifs is 1. The number of nitrogens with one attached hydrogen (secondary N) is 2. The van der Waals surface area contributed by atoms with Crippen molar-refractivity contribution in [3.05, 3.63) is 59.9 Å². The van der Waals surface area contributed by atoms with Gasteiger partial charge in [0.15, 0.2) is 0 Å². The molecule has 26 heavy (non-hydrogen) atoms. The Bertz CT molecular complexity index is 722. The predicted molar refractivity (Wildman–Crippen MR) is 104 cm³/mol. The van der Waals surface area contributed by atoms with E-state index in [9.17, 15) is 4.39 Å². The fraction of sp³-hybridized carbons (Fsp3) is 0.429. The van der Waals surface area contributed by atoms with Gasteiger partial charge >= 0.3 is 0 Å². The minimum atomic E-state index is -0.166. The molecule has 138 valence electrons. The summed E-state index contributed by atoms with van der Waals surface area (Å²) in [6, 6.07) is 16.3. The monoisotopic (exact) mass is 372 g/mol. The summed E-state index contributed by atoms with van der Waals surface area (Å²) >= 11 is 1.88. The fourth-order valence-corrected chi connectivity index (χ4v) is 5.39. The number of ether oxygens (including phenoxy) is 1. The van der Waals surface area contributed by atoms with Gasteiger partial charge in [0.25, 0.3) is 0 Å². The van der Waals surface area contributed by atoms with Crippen LogP contribution in [0.5, 0.6) is 5.75 Å². The van der Waals surface area contributed by atoms with Crippen LogP contribution in [0.2, 0.25) is 0 Å². The first-order valence-corrected chi connectivity index (χ1v) is 10.2. The Labute approximate surface area is 158 Å². The standard InChI is InChI=1S/C21H25FN2OS/c1-25-16-6-2-14(3-7-16)12-20-19-11-10-18(13-21(19)24-23-20)26-17-8-4-15(22)5-9-17/h2-9,18-21,23-24H,10-13H2,1H3. The number of benzene rings is 2. The quantitative estimate of drug-likeness (QED) is 0.825. The molecule has 0 spiro atoms. The van der Waals surface area contributed by atoms with Gasteiger partial charge in [0.1, 0.15) is 11.6 Å². The highest BCUT2D eigenvalue weighted by Gasteiger charge is 2.40. The Hall–Kier alpha value is -1.56. The van der Waals surface area contributed by atoms with Crippen molar-refractivity contribution in [2.75, 3.05) is 7.11 Å². The maximum absolute atomic E-state index is 13.1. The lowest BCUT2D eigenvalue weighted by Gasteiger charge is -2.32. The Kier molecular flexibility index (Phi) is 5.48. The van der Waals surface area contributed by atoms with Crippen molar-refractivity contribution in [1.29, 1.82) is 0 Å². The summed E-state index contributed by atoms with van der Waals surface area (Å²) in [5.74, 6) is 1.41. The van der Waals surface area contributed by atoms with Crippen LogP contribution in [0.25, 0.3) is 0 Å². The molecular weight excluding hydrogens is 347 g/mol. The molecule has 1 heterocycles. The molecule has 1 saturated heterocycles. The minimum Gasteiger partial charge on any atom is -0.497 e. The zero-order valence-corrected chi connectivity index (χ0v) is 15.8. The van der Waals surface area contributed by atoms with Gasteiger partial charge in [-0.05, 0) is 73.6 Å². The van der Waals surface area contributed by atoms with E-state index in [1.54, 1.807) is 19.2 Å². The topological polar surface area (TPSA) is 33.3 Å². The number of hydrogen-bond donors (Lipinski definition) is 2. The highest BCUT2D eigenvalue weighted by molar-refractivity contribution is 8.00. The molecule has 3 nitrogen and oxygen atoms in total. The van der Waals surface area contributed by atoms with Crippen molar-refractivity contribution in [2.24, 2.45) is 5.92 Å². The summed E-state index contributed by atoms with van der Waals surface area (Å²) in [7, 11) is 1.70. The molecule has 0 bridgehead atoms. The van der Waals surface area contributed by atoms with Gasteiger partial charge in [-0.2, -0.15) is 0 Å². The van der Waals surface area contributed by atoms with Gasteiger partial charge in [-0.1, -0.05) is 12.1 Å².